The summed E-state index contributed by atoms with van der Waals surface area (Å²) in [6, 6.07) is 11.6. The second-order valence-electron chi connectivity index (χ2n) is 9.29. The van der Waals surface area contributed by atoms with E-state index in [1.165, 1.54) is 15.6 Å². The van der Waals surface area contributed by atoms with E-state index in [4.69, 9.17) is 14.2 Å². The van der Waals surface area contributed by atoms with Gasteiger partial charge in [-0.25, -0.2) is 0 Å². The van der Waals surface area contributed by atoms with E-state index in [0.717, 1.165) is 24.2 Å². The van der Waals surface area contributed by atoms with Gasteiger partial charge in [-0.3, -0.25) is 0 Å². The second kappa shape index (κ2) is 10.1. The average Bonchev–Trinajstić information content (AvgIpc) is 2.76. The van der Waals surface area contributed by atoms with Gasteiger partial charge in [0.1, 0.15) is 0 Å². The summed E-state index contributed by atoms with van der Waals surface area (Å²) in [5.41, 5.74) is 4.41. The van der Waals surface area contributed by atoms with Crippen LogP contribution in [0.4, 0.5) is 0 Å². The number of methoxy groups -OCH3 is 1. The Labute approximate surface area is 198 Å². The Bertz CT molecular complexity index is 1030. The van der Waals surface area contributed by atoms with Gasteiger partial charge in [0.25, 0.3) is 0 Å². The Balaban J connectivity index is 1.92. The molecular formula is C27H32O4Se. The van der Waals surface area contributed by atoms with Crippen molar-refractivity contribution in [3.63, 3.8) is 0 Å². The zero-order valence-electron chi connectivity index (χ0n) is 19.8. The molecule has 0 aromatic heterocycles. The van der Waals surface area contributed by atoms with Crippen LogP contribution >= 0.6 is 0 Å². The number of benzene rings is 2. The van der Waals surface area contributed by atoms with Crippen LogP contribution < -0.4 is 9.20 Å². The molecule has 0 spiro atoms. The number of hydrogen-bond acceptors (Lipinski definition) is 4. The van der Waals surface area contributed by atoms with Gasteiger partial charge in [-0.2, -0.15) is 0 Å². The van der Waals surface area contributed by atoms with E-state index in [-0.39, 0.29) is 38.5 Å². The summed E-state index contributed by atoms with van der Waals surface area (Å²) in [4.78, 5) is 15.2. The molecule has 0 bridgehead atoms. The average molecular weight is 500 g/mol. The van der Waals surface area contributed by atoms with Crippen LogP contribution in [0, 0.1) is 10.7 Å². The predicted molar refractivity (Wildman–Crippen MR) is 129 cm³/mol. The van der Waals surface area contributed by atoms with Gasteiger partial charge >= 0.3 is 198 Å². The Kier molecular flexibility index (Phi) is 7.72. The predicted octanol–water partition coefficient (Wildman–Crippen LogP) is 4.53. The van der Waals surface area contributed by atoms with Crippen molar-refractivity contribution in [1.29, 1.82) is 0 Å². The standard InChI is InChI=1S/C27H32O4Se/c1-7-30-25(28)20-10-8-19(9-11-20)12-15-32-23-17-21(31-18-29-6)16-22-24(23)27(4,5)14-13-26(22,2)3/h8-11,16-17H,7,13-14,18H2,1-6H3. The fourth-order valence-electron chi connectivity index (χ4n) is 4.04. The minimum atomic E-state index is -0.305. The van der Waals surface area contributed by atoms with E-state index in [2.05, 4.69) is 50.6 Å². The molecule has 5 heteroatoms. The first-order valence-electron chi connectivity index (χ1n) is 10.9. The van der Waals surface area contributed by atoms with Gasteiger partial charge in [0.2, 0.25) is 0 Å². The molecule has 1 aliphatic rings. The molecule has 0 unspecified atom stereocenters. The molecule has 0 fully saturated rings. The van der Waals surface area contributed by atoms with E-state index < -0.39 is 0 Å². The number of carbonyl (C=O) groups excluding carboxylic acids is 1. The molecule has 0 radical (unpaired) electrons. The molecule has 32 heavy (non-hydrogen) atoms. The molecule has 0 atom stereocenters. The fourth-order valence-corrected chi connectivity index (χ4v) is 6.02. The second-order valence-corrected chi connectivity index (χ2v) is 11.1. The van der Waals surface area contributed by atoms with Gasteiger partial charge in [-0.15, -0.1) is 0 Å². The van der Waals surface area contributed by atoms with Crippen molar-refractivity contribution < 1.29 is 19.0 Å². The Morgan fingerprint density at radius 1 is 1.06 bits per heavy atom. The van der Waals surface area contributed by atoms with Gasteiger partial charge in [0.15, 0.2) is 0 Å². The van der Waals surface area contributed by atoms with Crippen molar-refractivity contribution in [2.75, 3.05) is 20.5 Å². The molecule has 2 aromatic rings. The first-order valence-corrected chi connectivity index (χ1v) is 12.6. The summed E-state index contributed by atoms with van der Waals surface area (Å²) in [6.07, 6.45) is 2.29. The number of hydrogen-bond donors (Lipinski definition) is 0. The van der Waals surface area contributed by atoms with E-state index in [9.17, 15) is 4.79 Å². The van der Waals surface area contributed by atoms with Crippen molar-refractivity contribution >= 4 is 25.4 Å². The van der Waals surface area contributed by atoms with Crippen LogP contribution in [0.2, 0.25) is 0 Å². The molecule has 0 saturated heterocycles. The third-order valence-corrected chi connectivity index (χ3v) is 7.52. The fraction of sp³-hybridized carbons (Fsp3) is 0.444. The van der Waals surface area contributed by atoms with Crippen molar-refractivity contribution in [2.45, 2.75) is 58.3 Å². The van der Waals surface area contributed by atoms with Crippen molar-refractivity contribution in [1.82, 2.24) is 0 Å². The van der Waals surface area contributed by atoms with Crippen molar-refractivity contribution in [2.24, 2.45) is 0 Å². The maximum absolute atomic E-state index is 11.8. The van der Waals surface area contributed by atoms with Crippen LogP contribution in [0.5, 0.6) is 5.75 Å². The number of rotatable bonds is 6. The molecule has 0 aliphatic heterocycles. The monoisotopic (exact) mass is 500 g/mol. The Morgan fingerprint density at radius 2 is 1.75 bits per heavy atom. The molecule has 0 heterocycles. The number of carbonyl (C=O) groups is 1. The molecule has 170 valence electrons. The van der Waals surface area contributed by atoms with Crippen LogP contribution in [-0.2, 0) is 20.3 Å². The van der Waals surface area contributed by atoms with Gasteiger partial charge < -0.3 is 0 Å². The number of esters is 1. The van der Waals surface area contributed by atoms with Crippen LogP contribution in [-0.4, -0.2) is 41.4 Å². The van der Waals surface area contributed by atoms with Gasteiger partial charge in [0, 0.05) is 0 Å². The van der Waals surface area contributed by atoms with Gasteiger partial charge in [0.05, 0.1) is 0 Å². The van der Waals surface area contributed by atoms with Crippen molar-refractivity contribution in [3.05, 3.63) is 58.7 Å². The molecule has 3 rings (SSSR count). The Morgan fingerprint density at radius 3 is 2.41 bits per heavy atom. The van der Waals surface area contributed by atoms with Crippen molar-refractivity contribution in [3.8, 4) is 16.5 Å². The summed E-state index contributed by atoms with van der Waals surface area (Å²) in [7, 11) is 1.63. The number of fused-ring (bicyclic) bond motifs is 1. The molecule has 0 amide bonds. The van der Waals surface area contributed by atoms with Crippen LogP contribution in [0.3, 0.4) is 0 Å². The van der Waals surface area contributed by atoms with Crippen LogP contribution in [0.15, 0.2) is 36.4 Å². The summed E-state index contributed by atoms with van der Waals surface area (Å²) in [5, 5.41) is 0. The van der Waals surface area contributed by atoms with Gasteiger partial charge in [-0.05, 0) is 0 Å². The normalized spacial score (nSPS) is 15.8. The zero-order valence-corrected chi connectivity index (χ0v) is 21.5. The number of ether oxygens (including phenoxy) is 3. The maximum atomic E-state index is 11.8. The minimum absolute atomic E-state index is 0.0406. The van der Waals surface area contributed by atoms with E-state index in [0.29, 0.717) is 12.2 Å². The third-order valence-electron chi connectivity index (χ3n) is 5.95. The van der Waals surface area contributed by atoms with E-state index in [1.807, 2.05) is 12.1 Å². The molecular weight excluding hydrogens is 467 g/mol. The summed E-state index contributed by atoms with van der Waals surface area (Å²) in [5.74, 6) is 3.81. The Hall–Kier alpha value is -2.25. The topological polar surface area (TPSA) is 44.8 Å². The molecule has 0 saturated carbocycles. The molecule has 1 aliphatic carbocycles. The zero-order chi connectivity index (χ0) is 23.4. The quantitative estimate of drug-likeness (QED) is 0.254. The van der Waals surface area contributed by atoms with E-state index in [1.54, 1.807) is 26.2 Å². The van der Waals surface area contributed by atoms with Crippen LogP contribution in [0.25, 0.3) is 0 Å². The summed E-state index contributed by atoms with van der Waals surface area (Å²) in [6.45, 7) is 11.7. The molecule has 2 aromatic carbocycles. The van der Waals surface area contributed by atoms with E-state index >= 15 is 0 Å². The SMILES string of the molecule is CCOC(=O)c1ccc(C#C[Se]c2cc(OCOC)cc3c2C(C)(C)CCC3(C)C)cc1. The summed E-state index contributed by atoms with van der Waals surface area (Å²) < 4.78 is 17.3. The van der Waals surface area contributed by atoms with Crippen LogP contribution in [0.1, 0.15) is 74.5 Å². The first kappa shape index (κ1) is 24.4. The third kappa shape index (κ3) is 5.56. The van der Waals surface area contributed by atoms with Gasteiger partial charge in [-0.1, -0.05) is 0 Å². The first-order chi connectivity index (χ1) is 15.2. The molecule has 0 N–H and O–H groups in total. The molecule has 4 nitrogen and oxygen atoms in total. The summed E-state index contributed by atoms with van der Waals surface area (Å²) >= 11 is -0.0406.